The molecule has 1 aromatic carbocycles. The Hall–Kier alpha value is -2.27. The maximum atomic E-state index is 11.9. The standard InChI is InChI=1S/C17H22N2O3/c1-17(2,21)16(20)12-3-5-15(6-4-12)22-10-11-7-13(18)9-14(19)8-11/h3-7,9,11,21H,8,10,18-19H2,1-2H3/t11-/m0/s1. The first-order chi connectivity index (χ1) is 10.3. The van der Waals surface area contributed by atoms with Gasteiger partial charge in [-0.3, -0.25) is 4.79 Å². The van der Waals surface area contributed by atoms with Crippen molar-refractivity contribution in [2.45, 2.75) is 25.9 Å². The Balaban J connectivity index is 1.95. The lowest BCUT2D eigenvalue weighted by molar-refractivity contribution is 0.0488. The van der Waals surface area contributed by atoms with Crippen LogP contribution in [0.5, 0.6) is 5.75 Å². The van der Waals surface area contributed by atoms with Crippen LogP contribution in [0.3, 0.4) is 0 Å². The van der Waals surface area contributed by atoms with Gasteiger partial charge < -0.3 is 21.3 Å². The Bertz CT molecular complexity index is 610. The summed E-state index contributed by atoms with van der Waals surface area (Å²) in [5.41, 5.74) is 12.0. The van der Waals surface area contributed by atoms with Gasteiger partial charge in [-0.2, -0.15) is 0 Å². The van der Waals surface area contributed by atoms with Gasteiger partial charge in [-0.25, -0.2) is 0 Å². The molecule has 0 spiro atoms. The van der Waals surface area contributed by atoms with Crippen molar-refractivity contribution >= 4 is 5.78 Å². The third-order valence-corrected chi connectivity index (χ3v) is 3.41. The van der Waals surface area contributed by atoms with Gasteiger partial charge in [0.2, 0.25) is 0 Å². The van der Waals surface area contributed by atoms with Crippen LogP contribution < -0.4 is 16.2 Å². The molecular weight excluding hydrogens is 280 g/mol. The normalized spacial score (nSPS) is 18.4. The Labute approximate surface area is 130 Å². The zero-order valence-electron chi connectivity index (χ0n) is 12.9. The molecule has 0 saturated carbocycles. The number of ether oxygens (including phenoxy) is 1. The highest BCUT2D eigenvalue weighted by molar-refractivity contribution is 6.01. The highest BCUT2D eigenvalue weighted by Gasteiger charge is 2.25. The maximum absolute atomic E-state index is 11.9. The number of aliphatic hydroxyl groups is 1. The van der Waals surface area contributed by atoms with E-state index in [4.69, 9.17) is 16.2 Å². The van der Waals surface area contributed by atoms with Gasteiger partial charge in [0.05, 0.1) is 6.61 Å². The molecule has 1 aliphatic rings. The van der Waals surface area contributed by atoms with E-state index in [1.807, 2.05) is 6.08 Å². The van der Waals surface area contributed by atoms with E-state index in [2.05, 4.69) is 0 Å². The molecule has 0 aliphatic heterocycles. The van der Waals surface area contributed by atoms with Gasteiger partial charge in [0, 0.05) is 22.9 Å². The Morgan fingerprint density at radius 3 is 2.50 bits per heavy atom. The number of benzene rings is 1. The van der Waals surface area contributed by atoms with Crippen molar-refractivity contribution in [3.63, 3.8) is 0 Å². The van der Waals surface area contributed by atoms with Crippen molar-refractivity contribution in [3.05, 3.63) is 53.4 Å². The number of hydrogen-bond acceptors (Lipinski definition) is 5. The van der Waals surface area contributed by atoms with Crippen molar-refractivity contribution in [3.8, 4) is 5.75 Å². The van der Waals surface area contributed by atoms with E-state index >= 15 is 0 Å². The lowest BCUT2D eigenvalue weighted by Gasteiger charge is -2.19. The van der Waals surface area contributed by atoms with Crippen LogP contribution in [0.4, 0.5) is 0 Å². The molecule has 2 rings (SSSR count). The van der Waals surface area contributed by atoms with E-state index in [9.17, 15) is 9.90 Å². The summed E-state index contributed by atoms with van der Waals surface area (Å²) in [6.45, 7) is 3.41. The minimum absolute atomic E-state index is 0.141. The number of hydrogen-bond donors (Lipinski definition) is 3. The van der Waals surface area contributed by atoms with Crippen LogP contribution in [0.25, 0.3) is 0 Å². The van der Waals surface area contributed by atoms with E-state index in [0.29, 0.717) is 23.6 Å². The van der Waals surface area contributed by atoms with Crippen LogP contribution in [0, 0.1) is 5.92 Å². The molecule has 0 unspecified atom stereocenters. The molecule has 5 nitrogen and oxygen atoms in total. The number of rotatable bonds is 5. The fourth-order valence-corrected chi connectivity index (χ4v) is 2.32. The van der Waals surface area contributed by atoms with Crippen molar-refractivity contribution in [1.82, 2.24) is 0 Å². The summed E-state index contributed by atoms with van der Waals surface area (Å²) in [4.78, 5) is 11.9. The summed E-state index contributed by atoms with van der Waals surface area (Å²) in [5, 5.41) is 9.72. The summed E-state index contributed by atoms with van der Waals surface area (Å²) in [5.74, 6) is 0.482. The number of nitrogens with two attached hydrogens (primary N) is 2. The van der Waals surface area contributed by atoms with Crippen LogP contribution in [0.2, 0.25) is 0 Å². The topological polar surface area (TPSA) is 98.6 Å². The van der Waals surface area contributed by atoms with Crippen LogP contribution >= 0.6 is 0 Å². The highest BCUT2D eigenvalue weighted by Crippen LogP contribution is 2.21. The van der Waals surface area contributed by atoms with Crippen molar-refractivity contribution in [2.24, 2.45) is 17.4 Å². The van der Waals surface area contributed by atoms with E-state index in [1.54, 1.807) is 30.3 Å². The third-order valence-electron chi connectivity index (χ3n) is 3.41. The lowest BCUT2D eigenvalue weighted by Crippen LogP contribution is -2.30. The molecule has 1 aromatic rings. The number of carbonyl (C=O) groups is 1. The number of carbonyl (C=O) groups excluding carboxylic acids is 1. The average Bonchev–Trinajstić information content (AvgIpc) is 2.43. The first-order valence-electron chi connectivity index (χ1n) is 7.19. The molecule has 0 heterocycles. The van der Waals surface area contributed by atoms with E-state index in [-0.39, 0.29) is 11.7 Å². The van der Waals surface area contributed by atoms with E-state index in [0.717, 1.165) is 12.1 Å². The van der Waals surface area contributed by atoms with Crippen molar-refractivity contribution in [2.75, 3.05) is 6.61 Å². The quantitative estimate of drug-likeness (QED) is 0.719. The number of allylic oxidation sites excluding steroid dienone is 2. The molecular formula is C17H22N2O3. The number of Topliss-reactive ketones (excluding diaryl/α,β-unsaturated/α-hetero) is 1. The van der Waals surface area contributed by atoms with E-state index < -0.39 is 5.60 Å². The molecule has 1 aliphatic carbocycles. The lowest BCUT2D eigenvalue weighted by atomic mass is 9.97. The molecule has 118 valence electrons. The van der Waals surface area contributed by atoms with Crippen LogP contribution in [0.15, 0.2) is 47.8 Å². The predicted molar refractivity (Wildman–Crippen MR) is 85.2 cm³/mol. The second kappa shape index (κ2) is 6.23. The summed E-state index contributed by atoms with van der Waals surface area (Å²) in [6, 6.07) is 6.73. The molecule has 0 aromatic heterocycles. The SMILES string of the molecule is CC(C)(O)C(=O)c1ccc(OC[C@H]2C=C(N)C=C(N)C2)cc1. The average molecular weight is 302 g/mol. The molecule has 5 heteroatoms. The minimum atomic E-state index is -1.38. The third kappa shape index (κ3) is 4.11. The van der Waals surface area contributed by atoms with Crippen LogP contribution in [-0.4, -0.2) is 23.1 Å². The fourth-order valence-electron chi connectivity index (χ4n) is 2.32. The Morgan fingerprint density at radius 1 is 1.32 bits per heavy atom. The first kappa shape index (κ1) is 16.1. The monoisotopic (exact) mass is 302 g/mol. The zero-order chi connectivity index (χ0) is 16.3. The summed E-state index contributed by atoms with van der Waals surface area (Å²) in [7, 11) is 0. The molecule has 0 amide bonds. The Kier molecular flexibility index (Phi) is 4.56. The second-order valence-corrected chi connectivity index (χ2v) is 6.07. The highest BCUT2D eigenvalue weighted by atomic mass is 16.5. The molecule has 0 bridgehead atoms. The molecule has 5 N–H and O–H groups in total. The molecule has 0 saturated heterocycles. The summed E-state index contributed by atoms with van der Waals surface area (Å²) in [6.07, 6.45) is 4.41. The van der Waals surface area contributed by atoms with Crippen LogP contribution in [0.1, 0.15) is 30.6 Å². The predicted octanol–water partition coefficient (Wildman–Crippen LogP) is 1.72. The van der Waals surface area contributed by atoms with Crippen molar-refractivity contribution in [1.29, 1.82) is 0 Å². The second-order valence-electron chi connectivity index (χ2n) is 6.07. The van der Waals surface area contributed by atoms with Gasteiger partial charge in [-0.1, -0.05) is 6.08 Å². The molecule has 0 radical (unpaired) electrons. The Morgan fingerprint density at radius 2 is 1.95 bits per heavy atom. The van der Waals surface area contributed by atoms with Gasteiger partial charge in [0.15, 0.2) is 5.78 Å². The fraction of sp³-hybridized carbons (Fsp3) is 0.353. The van der Waals surface area contributed by atoms with Gasteiger partial charge in [-0.15, -0.1) is 0 Å². The van der Waals surface area contributed by atoms with E-state index in [1.165, 1.54) is 13.8 Å². The maximum Gasteiger partial charge on any atom is 0.193 e. The minimum Gasteiger partial charge on any atom is -0.493 e. The molecule has 22 heavy (non-hydrogen) atoms. The van der Waals surface area contributed by atoms with Gasteiger partial charge in [0.1, 0.15) is 11.4 Å². The number of ketones is 1. The van der Waals surface area contributed by atoms with Gasteiger partial charge in [0.25, 0.3) is 0 Å². The zero-order valence-corrected chi connectivity index (χ0v) is 12.9. The molecule has 0 fully saturated rings. The largest absolute Gasteiger partial charge is 0.493 e. The van der Waals surface area contributed by atoms with Crippen LogP contribution in [-0.2, 0) is 0 Å². The van der Waals surface area contributed by atoms with Crippen molar-refractivity contribution < 1.29 is 14.6 Å². The van der Waals surface area contributed by atoms with Gasteiger partial charge >= 0.3 is 0 Å². The molecule has 1 atom stereocenters. The van der Waals surface area contributed by atoms with Gasteiger partial charge in [-0.05, 0) is 50.6 Å². The summed E-state index contributed by atoms with van der Waals surface area (Å²) >= 11 is 0. The summed E-state index contributed by atoms with van der Waals surface area (Å²) < 4.78 is 5.71. The first-order valence-corrected chi connectivity index (χ1v) is 7.19. The smallest absolute Gasteiger partial charge is 0.193 e.